The predicted molar refractivity (Wildman–Crippen MR) is 112 cm³/mol. The lowest BCUT2D eigenvalue weighted by molar-refractivity contribution is -0.139. The van der Waals surface area contributed by atoms with Crippen LogP contribution in [0.5, 0.6) is 5.75 Å². The number of carbonyl (C=O) groups is 2. The van der Waals surface area contributed by atoms with Crippen molar-refractivity contribution >= 4 is 35.3 Å². The van der Waals surface area contributed by atoms with Crippen molar-refractivity contribution in [2.24, 2.45) is 0 Å². The molecule has 0 radical (unpaired) electrons. The second-order valence-electron chi connectivity index (χ2n) is 7.90. The largest absolute Gasteiger partial charge is 0.496 e. The van der Waals surface area contributed by atoms with Crippen LogP contribution in [-0.2, 0) is 14.3 Å². The summed E-state index contributed by atoms with van der Waals surface area (Å²) in [4.78, 5) is 25.9. The number of hydrogen-bond donors (Lipinski definition) is 1. The zero-order valence-corrected chi connectivity index (χ0v) is 18.9. The average molecular weight is 447 g/mol. The molecule has 162 valence electrons. The van der Waals surface area contributed by atoms with Gasteiger partial charge >= 0.3 is 12.1 Å². The van der Waals surface area contributed by atoms with Gasteiger partial charge in [-0.3, -0.25) is 4.79 Å². The summed E-state index contributed by atoms with van der Waals surface area (Å²) in [5.74, 6) is 0.160. The zero-order chi connectivity index (χ0) is 21.8. The number of carbonyl (C=O) groups excluding carboxylic acids is 2. The lowest BCUT2D eigenvalue weighted by Crippen LogP contribution is -2.44. The Labute approximate surface area is 181 Å². The highest BCUT2D eigenvalue weighted by molar-refractivity contribution is 6.42. The van der Waals surface area contributed by atoms with Gasteiger partial charge in [0.25, 0.3) is 0 Å². The maximum absolute atomic E-state index is 12.8. The topological polar surface area (TPSA) is 77.1 Å². The monoisotopic (exact) mass is 446 g/mol. The molecule has 0 spiro atoms. The Kier molecular flexibility index (Phi) is 8.02. The summed E-state index contributed by atoms with van der Waals surface area (Å²) in [6.07, 6.45) is 0.200. The Balaban J connectivity index is 2.26. The van der Waals surface area contributed by atoms with Crippen LogP contribution in [-0.4, -0.2) is 62.5 Å². The summed E-state index contributed by atoms with van der Waals surface area (Å²) in [5.41, 5.74) is 0.149. The van der Waals surface area contributed by atoms with E-state index < -0.39 is 11.7 Å². The molecule has 1 N–H and O–H groups in total. The fourth-order valence-electron chi connectivity index (χ4n) is 3.38. The second kappa shape index (κ2) is 9.87. The van der Waals surface area contributed by atoms with E-state index in [4.69, 9.17) is 32.7 Å². The highest BCUT2D eigenvalue weighted by Gasteiger charge is 2.40. The summed E-state index contributed by atoms with van der Waals surface area (Å²) >= 11 is 12.7. The normalized spacial score (nSPS) is 19.2. The first-order valence-corrected chi connectivity index (χ1v) is 10.1. The van der Waals surface area contributed by atoms with Crippen LogP contribution in [0.1, 0.15) is 38.7 Å². The molecule has 1 saturated heterocycles. The molecule has 2 rings (SSSR count). The van der Waals surface area contributed by atoms with Crippen LogP contribution in [0.3, 0.4) is 0 Å². The number of likely N-dealkylation sites (tertiary alicyclic amines) is 1. The van der Waals surface area contributed by atoms with Crippen LogP contribution >= 0.6 is 23.2 Å². The first-order chi connectivity index (χ1) is 13.6. The molecule has 1 aliphatic heterocycles. The van der Waals surface area contributed by atoms with Crippen LogP contribution in [0, 0.1) is 0 Å². The van der Waals surface area contributed by atoms with Crippen molar-refractivity contribution in [2.45, 2.75) is 44.8 Å². The molecule has 1 aliphatic rings. The molecule has 1 aromatic rings. The second-order valence-corrected chi connectivity index (χ2v) is 8.69. The van der Waals surface area contributed by atoms with E-state index in [-0.39, 0.29) is 24.5 Å². The van der Waals surface area contributed by atoms with Crippen molar-refractivity contribution in [3.8, 4) is 5.75 Å². The van der Waals surface area contributed by atoms with Crippen LogP contribution in [0.2, 0.25) is 10.0 Å². The SMILES string of the molecule is COC(=O)CNC[C@@H]1C[C@H](c2c(OC)ccc(Cl)c2Cl)CN1C(=O)OC(C)(C)C. The van der Waals surface area contributed by atoms with E-state index >= 15 is 0 Å². The number of nitrogens with zero attached hydrogens (tertiary/aromatic N) is 1. The van der Waals surface area contributed by atoms with Gasteiger partial charge in [0.1, 0.15) is 11.4 Å². The molecule has 1 amide bonds. The van der Waals surface area contributed by atoms with E-state index in [1.165, 1.54) is 7.11 Å². The summed E-state index contributed by atoms with van der Waals surface area (Å²) in [5, 5.41) is 3.89. The van der Waals surface area contributed by atoms with Gasteiger partial charge in [-0.05, 0) is 39.3 Å². The number of esters is 1. The average Bonchev–Trinajstić information content (AvgIpc) is 3.06. The van der Waals surface area contributed by atoms with Crippen LogP contribution in [0.15, 0.2) is 12.1 Å². The van der Waals surface area contributed by atoms with E-state index in [1.54, 1.807) is 24.1 Å². The molecule has 7 nitrogen and oxygen atoms in total. The zero-order valence-electron chi connectivity index (χ0n) is 17.4. The quantitative estimate of drug-likeness (QED) is 0.668. The van der Waals surface area contributed by atoms with Crippen LogP contribution < -0.4 is 10.1 Å². The first-order valence-electron chi connectivity index (χ1n) is 9.36. The van der Waals surface area contributed by atoms with Gasteiger partial charge in [-0.1, -0.05) is 23.2 Å². The fourth-order valence-corrected chi connectivity index (χ4v) is 3.86. The van der Waals surface area contributed by atoms with Gasteiger partial charge in [-0.15, -0.1) is 0 Å². The summed E-state index contributed by atoms with van der Waals surface area (Å²) in [7, 11) is 2.90. The third kappa shape index (κ3) is 6.14. The number of hydrogen-bond acceptors (Lipinski definition) is 6. The Morgan fingerprint density at radius 3 is 2.52 bits per heavy atom. The van der Waals surface area contributed by atoms with E-state index in [9.17, 15) is 9.59 Å². The number of rotatable bonds is 6. The maximum Gasteiger partial charge on any atom is 0.410 e. The van der Waals surface area contributed by atoms with Gasteiger partial charge in [0.05, 0.1) is 30.8 Å². The molecular formula is C20H28Cl2N2O5. The number of benzene rings is 1. The van der Waals surface area contributed by atoms with Crippen molar-refractivity contribution in [3.05, 3.63) is 27.7 Å². The Hall–Kier alpha value is -1.70. The maximum atomic E-state index is 12.8. The van der Waals surface area contributed by atoms with Gasteiger partial charge in [0, 0.05) is 30.6 Å². The minimum absolute atomic E-state index is 0.0566. The molecule has 0 unspecified atom stereocenters. The number of nitrogens with one attached hydrogen (secondary N) is 1. The number of amides is 1. The molecule has 1 aromatic carbocycles. The highest BCUT2D eigenvalue weighted by Crippen LogP contribution is 2.43. The lowest BCUT2D eigenvalue weighted by atomic mass is 9.95. The Morgan fingerprint density at radius 2 is 1.93 bits per heavy atom. The summed E-state index contributed by atoms with van der Waals surface area (Å²) in [6, 6.07) is 3.26. The molecule has 0 aliphatic carbocycles. The van der Waals surface area contributed by atoms with E-state index in [0.717, 1.165) is 5.56 Å². The molecule has 0 bridgehead atoms. The molecule has 9 heteroatoms. The number of ether oxygens (including phenoxy) is 3. The van der Waals surface area contributed by atoms with Gasteiger partial charge in [-0.2, -0.15) is 0 Å². The molecular weight excluding hydrogens is 419 g/mol. The van der Waals surface area contributed by atoms with Gasteiger partial charge in [-0.25, -0.2) is 4.79 Å². The minimum atomic E-state index is -0.620. The number of methoxy groups -OCH3 is 2. The third-order valence-corrected chi connectivity index (χ3v) is 5.46. The lowest BCUT2D eigenvalue weighted by Gasteiger charge is -2.28. The first kappa shape index (κ1) is 23.6. The van der Waals surface area contributed by atoms with E-state index in [0.29, 0.717) is 35.3 Å². The van der Waals surface area contributed by atoms with Crippen molar-refractivity contribution < 1.29 is 23.8 Å². The van der Waals surface area contributed by atoms with Gasteiger partial charge in [0.15, 0.2) is 0 Å². The molecule has 0 saturated carbocycles. The number of halogens is 2. The van der Waals surface area contributed by atoms with Gasteiger partial charge < -0.3 is 24.4 Å². The van der Waals surface area contributed by atoms with Crippen LogP contribution in [0.25, 0.3) is 0 Å². The van der Waals surface area contributed by atoms with Crippen molar-refractivity contribution in [2.75, 3.05) is 33.9 Å². The molecule has 0 aromatic heterocycles. The van der Waals surface area contributed by atoms with Gasteiger partial charge in [0.2, 0.25) is 0 Å². The van der Waals surface area contributed by atoms with E-state index in [2.05, 4.69) is 10.1 Å². The molecule has 2 atom stereocenters. The smallest absolute Gasteiger partial charge is 0.410 e. The minimum Gasteiger partial charge on any atom is -0.496 e. The third-order valence-electron chi connectivity index (χ3n) is 4.64. The molecule has 1 fully saturated rings. The highest BCUT2D eigenvalue weighted by atomic mass is 35.5. The standard InChI is InChI=1S/C20H28Cl2N2O5/c1-20(2,3)29-19(26)24-11-12(8-13(24)9-23-10-16(25)28-5)17-15(27-4)7-6-14(21)18(17)22/h6-7,12-13,23H,8-11H2,1-5H3/t12-,13-/m0/s1. The van der Waals surface area contributed by atoms with Crippen molar-refractivity contribution in [3.63, 3.8) is 0 Å². The van der Waals surface area contributed by atoms with Crippen molar-refractivity contribution in [1.82, 2.24) is 10.2 Å². The molecule has 29 heavy (non-hydrogen) atoms. The fraction of sp³-hybridized carbons (Fsp3) is 0.600. The van der Waals surface area contributed by atoms with E-state index in [1.807, 2.05) is 20.8 Å². The predicted octanol–water partition coefficient (Wildman–Crippen LogP) is 3.86. The Bertz CT molecular complexity index is 751. The van der Waals surface area contributed by atoms with Crippen LogP contribution in [0.4, 0.5) is 4.79 Å². The van der Waals surface area contributed by atoms with Crippen molar-refractivity contribution in [1.29, 1.82) is 0 Å². The Morgan fingerprint density at radius 1 is 1.24 bits per heavy atom. The summed E-state index contributed by atoms with van der Waals surface area (Å²) < 4.78 is 15.7. The molecule has 1 heterocycles. The summed E-state index contributed by atoms with van der Waals surface area (Å²) in [6.45, 7) is 6.32.